The average molecular weight is 340 g/mol. The van der Waals surface area contributed by atoms with Crippen molar-refractivity contribution < 1.29 is 44.9 Å². The van der Waals surface area contributed by atoms with Crippen molar-refractivity contribution in [2.45, 2.75) is 59.3 Å². The molecule has 3 N–H and O–H groups in total. The van der Waals surface area contributed by atoms with Gasteiger partial charge in [0.2, 0.25) is 0 Å². The normalized spacial score (nSPS) is 6.65. The van der Waals surface area contributed by atoms with E-state index in [0.717, 1.165) is 38.5 Å². The molecule has 0 heterocycles. The van der Waals surface area contributed by atoms with Crippen molar-refractivity contribution in [2.75, 3.05) is 19.8 Å². The zero-order valence-electron chi connectivity index (χ0n) is 13.5. The van der Waals surface area contributed by atoms with Crippen molar-refractivity contribution >= 4 is 25.0 Å². The van der Waals surface area contributed by atoms with Crippen LogP contribution in [-0.2, 0) is 12.6 Å². The van der Waals surface area contributed by atoms with Crippen molar-refractivity contribution in [3.63, 3.8) is 0 Å². The first-order chi connectivity index (χ1) is 8.66. The van der Waals surface area contributed by atoms with Gasteiger partial charge in [0.15, 0.2) is 0 Å². The molecule has 0 aliphatic heterocycles. The van der Waals surface area contributed by atoms with Crippen LogP contribution >= 0.6 is 12.4 Å². The first-order valence-electron chi connectivity index (χ1n) is 6.50. The van der Waals surface area contributed by atoms with E-state index < -0.39 is 0 Å². The number of nitriles is 1. The van der Waals surface area contributed by atoms with Gasteiger partial charge >= 0.3 is 29.6 Å². The van der Waals surface area contributed by atoms with Gasteiger partial charge in [-0.25, -0.2) is 5.26 Å². The van der Waals surface area contributed by atoms with Crippen molar-refractivity contribution in [1.82, 2.24) is 0 Å². The van der Waals surface area contributed by atoms with E-state index >= 15 is 0 Å². The van der Waals surface area contributed by atoms with E-state index in [2.05, 4.69) is 33.4 Å². The second kappa shape index (κ2) is 59.9. The van der Waals surface area contributed by atoms with Crippen molar-refractivity contribution in [1.29, 1.82) is 5.26 Å². The summed E-state index contributed by atoms with van der Waals surface area (Å²) in [7, 11) is 0. The molecule has 0 aliphatic rings. The van der Waals surface area contributed by atoms with Crippen molar-refractivity contribution in [3.05, 3.63) is 0 Å². The molecular weight excluding hydrogens is 309 g/mol. The third kappa shape index (κ3) is 128. The van der Waals surface area contributed by atoms with Gasteiger partial charge in [0.1, 0.15) is 0 Å². The summed E-state index contributed by atoms with van der Waals surface area (Å²) >= 11 is 3.70. The second-order valence-electron chi connectivity index (χ2n) is 3.32. The van der Waals surface area contributed by atoms with Crippen LogP contribution in [0, 0.1) is 10.7 Å². The summed E-state index contributed by atoms with van der Waals surface area (Å²) in [6.07, 6.45) is 6.11. The van der Waals surface area contributed by atoms with E-state index in [1.807, 2.05) is 0 Å². The fraction of sp³-hybridized carbons (Fsp3) is 0.923. The second-order valence-corrected chi connectivity index (χ2v) is 3.51. The molecule has 7 heteroatoms. The largest absolute Gasteiger partial charge is 1.00 e. The number of hydrogen-bond donors (Lipinski definition) is 3. The molecule has 0 aliphatic carbocycles. The van der Waals surface area contributed by atoms with Crippen molar-refractivity contribution in [3.8, 4) is 5.40 Å². The summed E-state index contributed by atoms with van der Waals surface area (Å²) in [5.41, 5.74) is 0. The standard InChI is InChI=1S/3C4H10O.CHNS.ClH.Na/c3*1-2-3-4-5;2-1-3;;/h3*5H,2-4H2,1H3;3H;1H;/q;;;;;+1/p-1. The molecule has 0 bridgehead atoms. The molecule has 4 nitrogen and oxygen atoms in total. The number of halogens is 1. The van der Waals surface area contributed by atoms with Gasteiger partial charge < -0.3 is 27.9 Å². The van der Waals surface area contributed by atoms with Gasteiger partial charge in [-0.2, -0.15) is 0 Å². The maximum Gasteiger partial charge on any atom is 1.00 e. The summed E-state index contributed by atoms with van der Waals surface area (Å²) in [5, 5.41) is 32.7. The predicted molar refractivity (Wildman–Crippen MR) is 86.2 cm³/mol. The van der Waals surface area contributed by atoms with E-state index in [1.165, 1.54) is 5.40 Å². The van der Waals surface area contributed by atoms with Gasteiger partial charge in [-0.1, -0.05) is 45.4 Å². The van der Waals surface area contributed by atoms with E-state index in [0.29, 0.717) is 19.8 Å². The van der Waals surface area contributed by atoms with Crippen LogP contribution in [0.3, 0.4) is 0 Å². The van der Waals surface area contributed by atoms with Gasteiger partial charge in [-0.05, 0) is 19.3 Å². The molecule has 0 saturated heterocycles. The number of nitrogens with zero attached hydrogens (tertiary/aromatic N) is 1. The number of thiocyanates is 1. The molecule has 0 spiro atoms. The quantitative estimate of drug-likeness (QED) is 0.354. The average Bonchev–Trinajstić information content (AvgIpc) is 2.35. The Morgan fingerprint density at radius 1 is 0.800 bits per heavy atom. The van der Waals surface area contributed by atoms with E-state index in [9.17, 15) is 0 Å². The molecule has 0 atom stereocenters. The predicted octanol–water partition coefficient (Wildman–Crippen LogP) is -0.223. The van der Waals surface area contributed by atoms with Crippen LogP contribution in [0.25, 0.3) is 0 Å². The molecule has 120 valence electrons. The Hall–Kier alpha value is 0.880. The Morgan fingerprint density at radius 3 is 0.950 bits per heavy atom. The zero-order chi connectivity index (χ0) is 15.1. The first kappa shape index (κ1) is 37.3. The van der Waals surface area contributed by atoms with Crippen LogP contribution < -0.4 is 29.6 Å². The van der Waals surface area contributed by atoms with Crippen molar-refractivity contribution in [2.24, 2.45) is 0 Å². The Labute approximate surface area is 159 Å². The Kier molecular flexibility index (Phi) is 112. The minimum atomic E-state index is 0. The zero-order valence-corrected chi connectivity index (χ0v) is 17.1. The van der Waals surface area contributed by atoms with E-state index in [4.69, 9.17) is 20.6 Å². The summed E-state index contributed by atoms with van der Waals surface area (Å²) in [6, 6.07) is 0. The molecule has 0 radical (unpaired) electrons. The summed E-state index contributed by atoms with van der Waals surface area (Å²) < 4.78 is 0. The first-order valence-corrected chi connectivity index (χ1v) is 6.91. The molecule has 0 rings (SSSR count). The number of aliphatic hydroxyl groups is 3. The summed E-state index contributed by atoms with van der Waals surface area (Å²) in [5.74, 6) is 0. The minimum absolute atomic E-state index is 0. The van der Waals surface area contributed by atoms with Gasteiger partial charge in [0.25, 0.3) is 0 Å². The van der Waals surface area contributed by atoms with Gasteiger partial charge in [0, 0.05) is 19.8 Å². The maximum atomic E-state index is 8.07. The molecule has 0 fully saturated rings. The Balaban J connectivity index is -0.0000000321. The minimum Gasteiger partial charge on any atom is -0.696 e. The van der Waals surface area contributed by atoms with Gasteiger partial charge in [0.05, 0.1) is 0 Å². The third-order valence-electron chi connectivity index (χ3n) is 1.54. The molecule has 0 aromatic heterocycles. The van der Waals surface area contributed by atoms with E-state index in [-0.39, 0.29) is 42.0 Å². The fourth-order valence-electron chi connectivity index (χ4n) is 0.474. The number of unbranched alkanes of at least 4 members (excludes halogenated alkanes) is 3. The van der Waals surface area contributed by atoms with Crippen LogP contribution in [0.2, 0.25) is 0 Å². The fourth-order valence-corrected chi connectivity index (χ4v) is 0.474. The van der Waals surface area contributed by atoms with Crippen LogP contribution in [0.5, 0.6) is 0 Å². The molecule has 0 amide bonds. The Morgan fingerprint density at radius 2 is 0.950 bits per heavy atom. The molecule has 0 aromatic carbocycles. The van der Waals surface area contributed by atoms with E-state index in [1.54, 1.807) is 0 Å². The van der Waals surface area contributed by atoms with Crippen LogP contribution in [-0.4, -0.2) is 35.1 Å². The SMILES string of the molecule is CCCCO.CCCCO.CCCCO.Cl.N#C[S-].[Na+]. The number of rotatable bonds is 6. The molecule has 20 heavy (non-hydrogen) atoms. The molecule has 0 unspecified atom stereocenters. The van der Waals surface area contributed by atoms with Gasteiger partial charge in [-0.15, -0.1) is 12.4 Å². The van der Waals surface area contributed by atoms with Gasteiger partial charge in [-0.3, -0.25) is 0 Å². The maximum absolute atomic E-state index is 8.07. The topological polar surface area (TPSA) is 84.5 Å². The van der Waals surface area contributed by atoms with Crippen LogP contribution in [0.4, 0.5) is 0 Å². The summed E-state index contributed by atoms with van der Waals surface area (Å²) in [6.45, 7) is 7.19. The van der Waals surface area contributed by atoms with Crippen LogP contribution in [0.15, 0.2) is 0 Å². The monoisotopic (exact) mass is 339 g/mol. The summed E-state index contributed by atoms with van der Waals surface area (Å²) in [4.78, 5) is 0. The molecule has 0 saturated carbocycles. The third-order valence-corrected chi connectivity index (χ3v) is 1.54. The molecular formula is C13H31ClNNaO3S. The van der Waals surface area contributed by atoms with Crippen LogP contribution in [0.1, 0.15) is 59.3 Å². The molecule has 0 aromatic rings. The number of aliphatic hydroxyl groups excluding tert-OH is 3. The number of hydrogen-bond acceptors (Lipinski definition) is 5. The Bertz CT molecular complexity index is 121. The smallest absolute Gasteiger partial charge is 0.696 e.